The predicted octanol–water partition coefficient (Wildman–Crippen LogP) is 3.28. The van der Waals surface area contributed by atoms with Crippen LogP contribution in [0.3, 0.4) is 0 Å². The molecule has 0 radical (unpaired) electrons. The molecule has 2 fully saturated rings. The largest absolute Gasteiger partial charge is 0.481 e. The van der Waals surface area contributed by atoms with Crippen molar-refractivity contribution in [2.24, 2.45) is 5.41 Å². The summed E-state index contributed by atoms with van der Waals surface area (Å²) in [7, 11) is 0. The number of carboxylic acid groups (broad SMARTS) is 1. The van der Waals surface area contributed by atoms with E-state index in [1.165, 1.54) is 44.9 Å². The average Bonchev–Trinajstić information content (AvgIpc) is 3.08. The minimum atomic E-state index is -0.658. The highest BCUT2D eigenvalue weighted by Gasteiger charge is 2.35. The maximum atomic E-state index is 10.8. The van der Waals surface area contributed by atoms with E-state index in [0.717, 1.165) is 6.54 Å². The summed E-state index contributed by atoms with van der Waals surface area (Å²) in [4.78, 5) is 13.3. The van der Waals surface area contributed by atoms with E-state index >= 15 is 0 Å². The molecule has 3 heteroatoms. The zero-order valence-corrected chi connectivity index (χ0v) is 11.8. The second kappa shape index (κ2) is 5.60. The van der Waals surface area contributed by atoms with Crippen LogP contribution in [-0.2, 0) is 4.79 Å². The number of carbonyl (C=O) groups is 1. The molecule has 2 aliphatic rings. The van der Waals surface area contributed by atoms with Crippen LogP contribution >= 0.6 is 0 Å². The Kier molecular flexibility index (Phi) is 4.31. The summed E-state index contributed by atoms with van der Waals surface area (Å²) in [5.74, 6) is -0.658. The monoisotopic (exact) mass is 253 g/mol. The standard InChI is InChI=1S/C15H27NO2/c1-15(2)9-3-4-12(7-10-15)16(13-5-6-13)11-8-14(17)18/h12-13H,3-11H2,1-2H3,(H,17,18). The molecule has 0 heterocycles. The molecule has 2 rings (SSSR count). The van der Waals surface area contributed by atoms with Gasteiger partial charge in [0.1, 0.15) is 0 Å². The maximum absolute atomic E-state index is 10.8. The van der Waals surface area contributed by atoms with Gasteiger partial charge in [0.15, 0.2) is 0 Å². The van der Waals surface area contributed by atoms with Gasteiger partial charge in [-0.2, -0.15) is 0 Å². The molecule has 1 N–H and O–H groups in total. The highest BCUT2D eigenvalue weighted by atomic mass is 16.4. The van der Waals surface area contributed by atoms with Gasteiger partial charge in [-0.15, -0.1) is 0 Å². The van der Waals surface area contributed by atoms with Crippen molar-refractivity contribution in [1.82, 2.24) is 4.90 Å². The van der Waals surface area contributed by atoms with E-state index in [-0.39, 0.29) is 0 Å². The maximum Gasteiger partial charge on any atom is 0.304 e. The number of hydrogen-bond acceptors (Lipinski definition) is 2. The second-order valence-electron chi connectivity index (χ2n) is 6.86. The molecule has 1 atom stereocenters. The Labute approximate surface area is 111 Å². The normalized spacial score (nSPS) is 28.1. The van der Waals surface area contributed by atoms with Crippen LogP contribution in [0.25, 0.3) is 0 Å². The summed E-state index contributed by atoms with van der Waals surface area (Å²) >= 11 is 0. The molecule has 3 nitrogen and oxygen atoms in total. The summed E-state index contributed by atoms with van der Waals surface area (Å²) in [6, 6.07) is 1.33. The van der Waals surface area contributed by atoms with Gasteiger partial charge < -0.3 is 5.11 Å². The van der Waals surface area contributed by atoms with Crippen LogP contribution in [0.2, 0.25) is 0 Å². The Morgan fingerprint density at radius 3 is 2.44 bits per heavy atom. The van der Waals surface area contributed by atoms with Crippen LogP contribution in [0.15, 0.2) is 0 Å². The number of rotatable bonds is 5. The highest BCUT2D eigenvalue weighted by Crippen LogP contribution is 2.38. The van der Waals surface area contributed by atoms with Gasteiger partial charge >= 0.3 is 5.97 Å². The minimum Gasteiger partial charge on any atom is -0.481 e. The van der Waals surface area contributed by atoms with Gasteiger partial charge in [0, 0.05) is 18.6 Å². The molecule has 0 saturated heterocycles. The van der Waals surface area contributed by atoms with Crippen LogP contribution < -0.4 is 0 Å². The topological polar surface area (TPSA) is 40.5 Å². The average molecular weight is 253 g/mol. The van der Waals surface area contributed by atoms with Crippen LogP contribution in [-0.4, -0.2) is 34.6 Å². The fourth-order valence-corrected chi connectivity index (χ4v) is 3.27. The van der Waals surface area contributed by atoms with E-state index in [2.05, 4.69) is 18.7 Å². The molecule has 0 aromatic heterocycles. The van der Waals surface area contributed by atoms with Crippen molar-refractivity contribution >= 4 is 5.97 Å². The van der Waals surface area contributed by atoms with E-state index in [9.17, 15) is 4.79 Å². The Morgan fingerprint density at radius 1 is 1.17 bits per heavy atom. The van der Waals surface area contributed by atoms with Gasteiger partial charge in [-0.3, -0.25) is 9.69 Å². The van der Waals surface area contributed by atoms with Crippen molar-refractivity contribution in [2.75, 3.05) is 6.54 Å². The first kappa shape index (κ1) is 13.9. The third-order valence-electron chi connectivity index (χ3n) is 4.61. The lowest BCUT2D eigenvalue weighted by Crippen LogP contribution is -2.38. The molecule has 0 amide bonds. The lowest BCUT2D eigenvalue weighted by molar-refractivity contribution is -0.137. The quantitative estimate of drug-likeness (QED) is 0.764. The van der Waals surface area contributed by atoms with Gasteiger partial charge in [0.25, 0.3) is 0 Å². The first-order chi connectivity index (χ1) is 8.48. The Morgan fingerprint density at radius 2 is 1.83 bits per heavy atom. The summed E-state index contributed by atoms with van der Waals surface area (Å²) < 4.78 is 0. The zero-order chi connectivity index (χ0) is 13.2. The van der Waals surface area contributed by atoms with Crippen molar-refractivity contribution < 1.29 is 9.90 Å². The Bertz CT molecular complexity index is 297. The minimum absolute atomic E-state index is 0.302. The Balaban J connectivity index is 1.91. The summed E-state index contributed by atoms with van der Waals surface area (Å²) in [5, 5.41) is 8.87. The molecule has 0 bridgehead atoms. The molecule has 0 aromatic carbocycles. The first-order valence-corrected chi connectivity index (χ1v) is 7.45. The molecule has 18 heavy (non-hydrogen) atoms. The van der Waals surface area contributed by atoms with Crippen molar-refractivity contribution in [3.8, 4) is 0 Å². The SMILES string of the molecule is CC1(C)CCCC(N(CCC(=O)O)C2CC2)CC1. The Hall–Kier alpha value is -0.570. The summed E-state index contributed by atoms with van der Waals surface area (Å²) in [6.07, 6.45) is 9.28. The van der Waals surface area contributed by atoms with Crippen molar-refractivity contribution in [3.63, 3.8) is 0 Å². The van der Waals surface area contributed by atoms with Crippen molar-refractivity contribution in [1.29, 1.82) is 0 Å². The molecule has 104 valence electrons. The first-order valence-electron chi connectivity index (χ1n) is 7.45. The van der Waals surface area contributed by atoms with Crippen LogP contribution in [0, 0.1) is 5.41 Å². The van der Waals surface area contributed by atoms with Gasteiger partial charge in [0.2, 0.25) is 0 Å². The van der Waals surface area contributed by atoms with Crippen LogP contribution in [0.5, 0.6) is 0 Å². The number of nitrogens with zero attached hydrogens (tertiary/aromatic N) is 1. The smallest absolute Gasteiger partial charge is 0.304 e. The van der Waals surface area contributed by atoms with Gasteiger partial charge in [0.05, 0.1) is 6.42 Å². The van der Waals surface area contributed by atoms with Crippen LogP contribution in [0.4, 0.5) is 0 Å². The molecular weight excluding hydrogens is 226 g/mol. The molecule has 2 aliphatic carbocycles. The second-order valence-corrected chi connectivity index (χ2v) is 6.86. The molecular formula is C15H27NO2. The van der Waals surface area contributed by atoms with Gasteiger partial charge in [-0.25, -0.2) is 0 Å². The third-order valence-corrected chi connectivity index (χ3v) is 4.61. The number of hydrogen-bond donors (Lipinski definition) is 1. The lowest BCUT2D eigenvalue weighted by atomic mass is 9.85. The molecule has 2 saturated carbocycles. The van der Waals surface area contributed by atoms with Crippen molar-refractivity contribution in [3.05, 3.63) is 0 Å². The number of carboxylic acids is 1. The fraction of sp³-hybridized carbons (Fsp3) is 0.933. The van der Waals surface area contributed by atoms with E-state index in [0.29, 0.717) is 23.9 Å². The third kappa shape index (κ3) is 3.98. The zero-order valence-electron chi connectivity index (χ0n) is 11.8. The highest BCUT2D eigenvalue weighted by molar-refractivity contribution is 5.66. The molecule has 0 aromatic rings. The fourth-order valence-electron chi connectivity index (χ4n) is 3.27. The van der Waals surface area contributed by atoms with E-state index in [1.807, 2.05) is 0 Å². The van der Waals surface area contributed by atoms with Gasteiger partial charge in [-0.05, 0) is 43.9 Å². The van der Waals surface area contributed by atoms with E-state index < -0.39 is 5.97 Å². The van der Waals surface area contributed by atoms with Crippen molar-refractivity contribution in [2.45, 2.75) is 77.3 Å². The molecule has 1 unspecified atom stereocenters. The number of aliphatic carboxylic acids is 1. The lowest BCUT2D eigenvalue weighted by Gasteiger charge is -2.31. The molecule has 0 aliphatic heterocycles. The van der Waals surface area contributed by atoms with E-state index in [4.69, 9.17) is 5.11 Å². The van der Waals surface area contributed by atoms with E-state index in [1.54, 1.807) is 0 Å². The summed E-state index contributed by atoms with van der Waals surface area (Å²) in [5.41, 5.74) is 0.483. The van der Waals surface area contributed by atoms with Crippen LogP contribution in [0.1, 0.15) is 65.2 Å². The molecule has 0 spiro atoms. The predicted molar refractivity (Wildman–Crippen MR) is 72.6 cm³/mol. The van der Waals surface area contributed by atoms with Gasteiger partial charge in [-0.1, -0.05) is 20.3 Å². The summed E-state index contributed by atoms with van der Waals surface area (Å²) in [6.45, 7) is 5.49.